The molecule has 2 fully saturated rings. The summed E-state index contributed by atoms with van der Waals surface area (Å²) in [4.78, 5) is 20.9. The smallest absolute Gasteiger partial charge is 0.267 e. The van der Waals surface area contributed by atoms with Gasteiger partial charge in [-0.05, 0) is 60.5 Å². The van der Waals surface area contributed by atoms with Gasteiger partial charge in [-0.25, -0.2) is 4.99 Å². The lowest BCUT2D eigenvalue weighted by atomic mass is 9.94. The molecule has 1 amide bonds. The van der Waals surface area contributed by atoms with Gasteiger partial charge in [0.1, 0.15) is 0 Å². The summed E-state index contributed by atoms with van der Waals surface area (Å²) in [5, 5.41) is 0.742. The molecule has 0 radical (unpaired) electrons. The highest BCUT2D eigenvalue weighted by Crippen LogP contribution is 2.42. The van der Waals surface area contributed by atoms with Crippen LogP contribution in [0, 0.1) is 0 Å². The molecule has 7 heteroatoms. The van der Waals surface area contributed by atoms with E-state index in [2.05, 4.69) is 0 Å². The predicted molar refractivity (Wildman–Crippen MR) is 129 cm³/mol. The molecule has 4 rings (SSSR count). The third-order valence-electron chi connectivity index (χ3n) is 5.74. The van der Waals surface area contributed by atoms with Crippen molar-refractivity contribution < 1.29 is 19.0 Å². The van der Waals surface area contributed by atoms with E-state index in [-0.39, 0.29) is 11.9 Å². The lowest BCUT2D eigenvalue weighted by Crippen LogP contribution is -2.40. The fourth-order valence-electron chi connectivity index (χ4n) is 4.17. The van der Waals surface area contributed by atoms with Gasteiger partial charge in [0.2, 0.25) is 5.75 Å². The number of rotatable bonds is 6. The van der Waals surface area contributed by atoms with E-state index >= 15 is 0 Å². The van der Waals surface area contributed by atoms with Crippen molar-refractivity contribution in [2.45, 2.75) is 38.1 Å². The minimum absolute atomic E-state index is 0.00494. The van der Waals surface area contributed by atoms with Crippen molar-refractivity contribution in [3.05, 3.63) is 52.9 Å². The molecular formula is C25H28N2O4S. The molecule has 1 aliphatic carbocycles. The van der Waals surface area contributed by atoms with Crippen LogP contribution < -0.4 is 14.2 Å². The second-order valence-corrected chi connectivity index (χ2v) is 8.78. The fourth-order valence-corrected chi connectivity index (χ4v) is 5.23. The summed E-state index contributed by atoms with van der Waals surface area (Å²) in [6.45, 7) is 0. The van der Waals surface area contributed by atoms with Gasteiger partial charge in [0, 0.05) is 6.04 Å². The second-order valence-electron chi connectivity index (χ2n) is 7.77. The molecule has 1 saturated carbocycles. The standard InChI is InChI=1S/C25H28N2O4S/c1-29-20-14-17(15-21(30-2)23(20)31-3)16-22-24(28)27(19-12-8-5-9-13-19)25(32-22)26-18-10-6-4-7-11-18/h4,6-7,10-11,14-16,19H,5,8-9,12-13H2,1-3H3. The molecule has 1 heterocycles. The molecule has 1 aliphatic heterocycles. The number of ether oxygens (including phenoxy) is 3. The lowest BCUT2D eigenvalue weighted by Gasteiger charge is -2.30. The highest BCUT2D eigenvalue weighted by atomic mass is 32.2. The first-order valence-electron chi connectivity index (χ1n) is 10.8. The number of benzene rings is 2. The third kappa shape index (κ3) is 4.63. The van der Waals surface area contributed by atoms with Crippen molar-refractivity contribution in [2.24, 2.45) is 4.99 Å². The number of para-hydroxylation sites is 1. The Morgan fingerprint density at radius 2 is 1.62 bits per heavy atom. The first-order valence-corrected chi connectivity index (χ1v) is 11.6. The van der Waals surface area contributed by atoms with Crippen LogP contribution in [0.1, 0.15) is 37.7 Å². The number of nitrogens with zero attached hydrogens (tertiary/aromatic N) is 2. The summed E-state index contributed by atoms with van der Waals surface area (Å²) in [6.07, 6.45) is 7.41. The topological polar surface area (TPSA) is 60.4 Å². The van der Waals surface area contributed by atoms with Crippen molar-refractivity contribution in [1.29, 1.82) is 0 Å². The zero-order valence-electron chi connectivity index (χ0n) is 18.7. The van der Waals surface area contributed by atoms with Crippen molar-refractivity contribution >= 4 is 34.6 Å². The summed E-state index contributed by atoms with van der Waals surface area (Å²) in [6, 6.07) is 13.7. The summed E-state index contributed by atoms with van der Waals surface area (Å²) < 4.78 is 16.3. The summed E-state index contributed by atoms with van der Waals surface area (Å²) in [5.74, 6) is 1.64. The van der Waals surface area contributed by atoms with Crippen LogP contribution in [-0.2, 0) is 4.79 Å². The van der Waals surface area contributed by atoms with Gasteiger partial charge in [-0.15, -0.1) is 0 Å². The summed E-state index contributed by atoms with van der Waals surface area (Å²) in [7, 11) is 4.74. The summed E-state index contributed by atoms with van der Waals surface area (Å²) >= 11 is 1.42. The van der Waals surface area contributed by atoms with E-state index in [0.717, 1.165) is 42.1 Å². The molecular weight excluding hydrogens is 424 g/mol. The molecule has 32 heavy (non-hydrogen) atoms. The van der Waals surface area contributed by atoms with E-state index in [1.54, 1.807) is 21.3 Å². The highest BCUT2D eigenvalue weighted by Gasteiger charge is 2.38. The van der Waals surface area contributed by atoms with E-state index in [4.69, 9.17) is 19.2 Å². The van der Waals surface area contributed by atoms with Crippen LogP contribution >= 0.6 is 11.8 Å². The number of thioether (sulfide) groups is 1. The zero-order chi connectivity index (χ0) is 22.5. The normalized spacial score (nSPS) is 19.6. The number of methoxy groups -OCH3 is 3. The first kappa shape index (κ1) is 22.3. The largest absolute Gasteiger partial charge is 0.493 e. The van der Waals surface area contributed by atoms with Gasteiger partial charge in [0.25, 0.3) is 5.91 Å². The number of hydrogen-bond donors (Lipinski definition) is 0. The van der Waals surface area contributed by atoms with E-state index < -0.39 is 0 Å². The van der Waals surface area contributed by atoms with E-state index in [1.165, 1.54) is 18.2 Å². The molecule has 0 unspecified atom stereocenters. The molecule has 0 aromatic heterocycles. The van der Waals surface area contributed by atoms with Gasteiger partial charge in [0.05, 0.1) is 31.9 Å². The van der Waals surface area contributed by atoms with E-state index in [1.807, 2.05) is 53.4 Å². The van der Waals surface area contributed by atoms with Gasteiger partial charge < -0.3 is 14.2 Å². The van der Waals surface area contributed by atoms with Gasteiger partial charge in [-0.3, -0.25) is 9.69 Å². The maximum atomic E-state index is 13.5. The molecule has 0 bridgehead atoms. The Bertz CT molecular complexity index is 1000. The van der Waals surface area contributed by atoms with E-state index in [9.17, 15) is 4.79 Å². The van der Waals surface area contributed by atoms with Crippen LogP contribution in [0.25, 0.3) is 6.08 Å². The van der Waals surface area contributed by atoms with Crippen LogP contribution in [-0.4, -0.2) is 43.3 Å². The minimum atomic E-state index is 0.00494. The maximum absolute atomic E-state index is 13.5. The SMILES string of the molecule is COc1cc(C=C2SC(=Nc3ccccc3)N(C3CCCCC3)C2=O)cc(OC)c1OC. The lowest BCUT2D eigenvalue weighted by molar-refractivity contribution is -0.124. The predicted octanol–water partition coefficient (Wildman–Crippen LogP) is 5.65. The Balaban J connectivity index is 1.73. The van der Waals surface area contributed by atoms with Crippen LogP contribution in [0.4, 0.5) is 5.69 Å². The Morgan fingerprint density at radius 1 is 0.969 bits per heavy atom. The number of hydrogen-bond acceptors (Lipinski definition) is 6. The second kappa shape index (κ2) is 10.1. The van der Waals surface area contributed by atoms with Crippen molar-refractivity contribution in [2.75, 3.05) is 21.3 Å². The number of carbonyl (C=O) groups excluding carboxylic acids is 1. The maximum Gasteiger partial charge on any atom is 0.267 e. The zero-order valence-corrected chi connectivity index (χ0v) is 19.5. The quantitative estimate of drug-likeness (QED) is 0.530. The number of aliphatic imine (C=N–C) groups is 1. The molecule has 0 spiro atoms. The molecule has 2 aromatic carbocycles. The molecule has 0 atom stereocenters. The third-order valence-corrected chi connectivity index (χ3v) is 6.73. The molecule has 2 aliphatic rings. The molecule has 6 nitrogen and oxygen atoms in total. The first-order chi connectivity index (χ1) is 15.6. The van der Waals surface area contributed by atoms with Crippen LogP contribution in [0.2, 0.25) is 0 Å². The monoisotopic (exact) mass is 452 g/mol. The average molecular weight is 453 g/mol. The minimum Gasteiger partial charge on any atom is -0.493 e. The van der Waals surface area contributed by atoms with Gasteiger partial charge in [0.15, 0.2) is 16.7 Å². The van der Waals surface area contributed by atoms with Crippen molar-refractivity contribution in [3.63, 3.8) is 0 Å². The Morgan fingerprint density at radius 3 is 2.22 bits per heavy atom. The molecule has 168 valence electrons. The fraction of sp³-hybridized carbons (Fsp3) is 0.360. The van der Waals surface area contributed by atoms with Crippen LogP contribution in [0.15, 0.2) is 52.4 Å². The van der Waals surface area contributed by atoms with Crippen molar-refractivity contribution in [1.82, 2.24) is 4.90 Å². The number of carbonyl (C=O) groups is 1. The van der Waals surface area contributed by atoms with Crippen LogP contribution in [0.5, 0.6) is 17.2 Å². The average Bonchev–Trinajstić information content (AvgIpc) is 3.13. The Labute approximate surface area is 193 Å². The van der Waals surface area contributed by atoms with Gasteiger partial charge in [-0.1, -0.05) is 37.5 Å². The van der Waals surface area contributed by atoms with Gasteiger partial charge >= 0.3 is 0 Å². The molecule has 1 saturated heterocycles. The summed E-state index contributed by atoms with van der Waals surface area (Å²) in [5.41, 5.74) is 1.65. The van der Waals surface area contributed by atoms with Crippen LogP contribution in [0.3, 0.4) is 0 Å². The number of amidine groups is 1. The molecule has 0 N–H and O–H groups in total. The number of amides is 1. The Hall–Kier alpha value is -2.93. The van der Waals surface area contributed by atoms with Crippen molar-refractivity contribution in [3.8, 4) is 17.2 Å². The van der Waals surface area contributed by atoms with E-state index in [0.29, 0.717) is 22.2 Å². The van der Waals surface area contributed by atoms with Gasteiger partial charge in [-0.2, -0.15) is 0 Å². The molecule has 2 aromatic rings. The highest BCUT2D eigenvalue weighted by molar-refractivity contribution is 8.18. The Kier molecular flexibility index (Phi) is 7.05.